The Bertz CT molecular complexity index is 638. The van der Waals surface area contributed by atoms with Crippen LogP contribution in [0.1, 0.15) is 44.2 Å². The van der Waals surface area contributed by atoms with Crippen molar-refractivity contribution in [2.24, 2.45) is 5.92 Å². The van der Waals surface area contributed by atoms with Crippen LogP contribution < -0.4 is 5.32 Å². The molecule has 0 spiro atoms. The second-order valence-electron chi connectivity index (χ2n) is 7.96. The Morgan fingerprint density at radius 2 is 1.85 bits per heavy atom. The van der Waals surface area contributed by atoms with Crippen molar-refractivity contribution in [1.82, 2.24) is 15.1 Å². The van der Waals surface area contributed by atoms with Gasteiger partial charge in [-0.1, -0.05) is 38.1 Å². The monoisotopic (exact) mass is 357 g/mol. The number of rotatable bonds is 6. The molecule has 1 aromatic carbocycles. The van der Waals surface area contributed by atoms with E-state index >= 15 is 0 Å². The molecule has 0 aromatic heterocycles. The SMILES string of the molecule is CC(C)CCNC(=O)CN1Cc2ccccc2C[C@@H]1C(=O)N1CCCC1. The Hall–Kier alpha value is -1.88. The van der Waals surface area contributed by atoms with Gasteiger partial charge in [0.2, 0.25) is 11.8 Å². The Labute approximate surface area is 156 Å². The molecule has 0 bridgehead atoms. The van der Waals surface area contributed by atoms with Gasteiger partial charge in [-0.25, -0.2) is 0 Å². The fourth-order valence-corrected chi connectivity index (χ4v) is 3.88. The second kappa shape index (κ2) is 8.67. The molecule has 0 saturated carbocycles. The highest BCUT2D eigenvalue weighted by atomic mass is 16.2. The maximum absolute atomic E-state index is 13.1. The van der Waals surface area contributed by atoms with E-state index in [4.69, 9.17) is 0 Å². The molecule has 5 nitrogen and oxygen atoms in total. The fraction of sp³-hybridized carbons (Fsp3) is 0.619. The average molecular weight is 357 g/mol. The summed E-state index contributed by atoms with van der Waals surface area (Å²) >= 11 is 0. The molecule has 2 heterocycles. The first-order chi connectivity index (χ1) is 12.5. The van der Waals surface area contributed by atoms with Gasteiger partial charge >= 0.3 is 0 Å². The van der Waals surface area contributed by atoms with E-state index in [0.717, 1.165) is 32.4 Å². The van der Waals surface area contributed by atoms with Crippen molar-refractivity contribution in [3.8, 4) is 0 Å². The third kappa shape index (κ3) is 4.64. The summed E-state index contributed by atoms with van der Waals surface area (Å²) < 4.78 is 0. The number of nitrogens with one attached hydrogen (secondary N) is 1. The summed E-state index contributed by atoms with van der Waals surface area (Å²) in [5, 5.41) is 3.01. The van der Waals surface area contributed by atoms with Crippen LogP contribution in [-0.4, -0.2) is 53.8 Å². The number of carbonyl (C=O) groups excluding carboxylic acids is 2. The Balaban J connectivity index is 1.69. The summed E-state index contributed by atoms with van der Waals surface area (Å²) in [7, 11) is 0. The van der Waals surface area contributed by atoms with Crippen LogP contribution in [-0.2, 0) is 22.6 Å². The topological polar surface area (TPSA) is 52.7 Å². The number of fused-ring (bicyclic) bond motifs is 1. The van der Waals surface area contributed by atoms with Crippen molar-refractivity contribution in [1.29, 1.82) is 0 Å². The standard InChI is InChI=1S/C21H31N3O2/c1-16(2)9-10-22-20(25)15-24-14-18-8-4-3-7-17(18)13-19(24)21(26)23-11-5-6-12-23/h3-4,7-8,16,19H,5-6,9-15H2,1-2H3,(H,22,25)/t19-/m1/s1. The van der Waals surface area contributed by atoms with Crippen LogP contribution in [0.2, 0.25) is 0 Å². The van der Waals surface area contributed by atoms with Crippen LogP contribution in [0.25, 0.3) is 0 Å². The van der Waals surface area contributed by atoms with E-state index in [1.165, 1.54) is 11.1 Å². The first kappa shape index (κ1) is 18.9. The molecule has 1 atom stereocenters. The predicted octanol–water partition coefficient (Wildman–Crippen LogP) is 2.20. The zero-order valence-corrected chi connectivity index (χ0v) is 16.0. The molecule has 0 aliphatic carbocycles. The molecule has 2 aliphatic rings. The van der Waals surface area contributed by atoms with Gasteiger partial charge in [0.05, 0.1) is 12.6 Å². The first-order valence-corrected chi connectivity index (χ1v) is 9.91. The van der Waals surface area contributed by atoms with E-state index in [0.29, 0.717) is 25.4 Å². The number of likely N-dealkylation sites (tertiary alicyclic amines) is 1. The molecule has 2 aliphatic heterocycles. The van der Waals surface area contributed by atoms with Gasteiger partial charge in [-0.05, 0) is 42.7 Å². The van der Waals surface area contributed by atoms with E-state index < -0.39 is 0 Å². The van der Waals surface area contributed by atoms with Crippen LogP contribution in [0.5, 0.6) is 0 Å². The summed E-state index contributed by atoms with van der Waals surface area (Å²) in [5.74, 6) is 0.776. The van der Waals surface area contributed by atoms with Gasteiger partial charge in [0.15, 0.2) is 0 Å². The van der Waals surface area contributed by atoms with Crippen LogP contribution in [0.4, 0.5) is 0 Å². The van der Waals surface area contributed by atoms with Gasteiger partial charge < -0.3 is 10.2 Å². The lowest BCUT2D eigenvalue weighted by atomic mass is 9.93. The van der Waals surface area contributed by atoms with Crippen molar-refractivity contribution >= 4 is 11.8 Å². The number of benzene rings is 1. The second-order valence-corrected chi connectivity index (χ2v) is 7.96. The minimum absolute atomic E-state index is 0.0178. The lowest BCUT2D eigenvalue weighted by molar-refractivity contribution is -0.137. The first-order valence-electron chi connectivity index (χ1n) is 9.91. The van der Waals surface area contributed by atoms with E-state index in [1.807, 2.05) is 17.0 Å². The fourth-order valence-electron chi connectivity index (χ4n) is 3.88. The molecule has 3 rings (SSSR count). The van der Waals surface area contributed by atoms with Crippen molar-refractivity contribution in [2.45, 2.75) is 52.1 Å². The van der Waals surface area contributed by atoms with Crippen molar-refractivity contribution in [3.63, 3.8) is 0 Å². The molecule has 2 amide bonds. The van der Waals surface area contributed by atoms with E-state index in [2.05, 4.69) is 36.2 Å². The predicted molar refractivity (Wildman–Crippen MR) is 103 cm³/mol. The Kier molecular flexibility index (Phi) is 6.30. The van der Waals surface area contributed by atoms with Crippen molar-refractivity contribution in [3.05, 3.63) is 35.4 Å². The molecule has 1 saturated heterocycles. The molecule has 26 heavy (non-hydrogen) atoms. The average Bonchev–Trinajstić information content (AvgIpc) is 3.15. The lowest BCUT2D eigenvalue weighted by Gasteiger charge is -2.37. The van der Waals surface area contributed by atoms with Crippen molar-refractivity contribution in [2.75, 3.05) is 26.2 Å². The zero-order chi connectivity index (χ0) is 18.5. The Morgan fingerprint density at radius 1 is 1.15 bits per heavy atom. The van der Waals surface area contributed by atoms with Crippen LogP contribution in [0.15, 0.2) is 24.3 Å². The lowest BCUT2D eigenvalue weighted by Crippen LogP contribution is -2.53. The van der Waals surface area contributed by atoms with E-state index in [1.54, 1.807) is 0 Å². The zero-order valence-electron chi connectivity index (χ0n) is 16.0. The molecule has 5 heteroatoms. The van der Waals surface area contributed by atoms with Gasteiger partial charge in [-0.15, -0.1) is 0 Å². The third-order valence-corrected chi connectivity index (χ3v) is 5.44. The minimum Gasteiger partial charge on any atom is -0.355 e. The molecular formula is C21H31N3O2. The van der Waals surface area contributed by atoms with Gasteiger partial charge in [-0.2, -0.15) is 0 Å². The summed E-state index contributed by atoms with van der Waals surface area (Å²) in [6.07, 6.45) is 3.85. The molecular weight excluding hydrogens is 326 g/mol. The molecule has 0 unspecified atom stereocenters. The molecule has 142 valence electrons. The maximum atomic E-state index is 13.1. The van der Waals surface area contributed by atoms with Crippen LogP contribution in [0.3, 0.4) is 0 Å². The van der Waals surface area contributed by atoms with E-state index in [-0.39, 0.29) is 24.4 Å². The number of hydrogen-bond acceptors (Lipinski definition) is 3. The van der Waals surface area contributed by atoms with Gasteiger partial charge in [0.25, 0.3) is 0 Å². The summed E-state index contributed by atoms with van der Waals surface area (Å²) in [5.41, 5.74) is 2.47. The largest absolute Gasteiger partial charge is 0.355 e. The molecule has 1 aromatic rings. The molecule has 1 N–H and O–H groups in total. The van der Waals surface area contributed by atoms with Gasteiger partial charge in [0.1, 0.15) is 0 Å². The van der Waals surface area contributed by atoms with Gasteiger partial charge in [-0.3, -0.25) is 14.5 Å². The number of carbonyl (C=O) groups is 2. The highest BCUT2D eigenvalue weighted by Crippen LogP contribution is 2.25. The summed E-state index contributed by atoms with van der Waals surface area (Å²) in [6, 6.07) is 8.06. The third-order valence-electron chi connectivity index (χ3n) is 5.44. The summed E-state index contributed by atoms with van der Waals surface area (Å²) in [4.78, 5) is 29.5. The highest BCUT2D eigenvalue weighted by molar-refractivity contribution is 5.84. The smallest absolute Gasteiger partial charge is 0.240 e. The maximum Gasteiger partial charge on any atom is 0.240 e. The number of amides is 2. The van der Waals surface area contributed by atoms with Crippen LogP contribution in [0, 0.1) is 5.92 Å². The van der Waals surface area contributed by atoms with Gasteiger partial charge in [0, 0.05) is 26.2 Å². The Morgan fingerprint density at radius 3 is 2.54 bits per heavy atom. The quantitative estimate of drug-likeness (QED) is 0.849. The highest BCUT2D eigenvalue weighted by Gasteiger charge is 2.35. The normalized spacial score (nSPS) is 20.3. The summed E-state index contributed by atoms with van der Waals surface area (Å²) in [6.45, 7) is 7.66. The van der Waals surface area contributed by atoms with E-state index in [9.17, 15) is 9.59 Å². The number of hydrogen-bond donors (Lipinski definition) is 1. The van der Waals surface area contributed by atoms with Crippen molar-refractivity contribution < 1.29 is 9.59 Å². The molecule has 0 radical (unpaired) electrons. The number of nitrogens with zero attached hydrogens (tertiary/aromatic N) is 2. The molecule has 1 fully saturated rings. The minimum atomic E-state index is -0.223. The van der Waals surface area contributed by atoms with Crippen LogP contribution >= 0.6 is 0 Å².